The minimum atomic E-state index is -4.58. The Labute approximate surface area is 106 Å². The molecule has 2 aromatic rings. The number of aryl methyl sites for hydroxylation is 1. The topological polar surface area (TPSA) is 60.9 Å². The summed E-state index contributed by atoms with van der Waals surface area (Å²) in [5.74, 6) is -0.817. The number of halogens is 3. The van der Waals surface area contributed by atoms with E-state index in [-0.39, 0.29) is 11.3 Å². The molecule has 1 aromatic heterocycles. The first-order valence-corrected chi connectivity index (χ1v) is 5.22. The van der Waals surface area contributed by atoms with Crippen LogP contribution in [0.5, 0.6) is 0 Å². The minimum Gasteiger partial charge on any atom is -0.366 e. The fraction of sp³-hybridized carbons (Fsp3) is 0.167. The zero-order valence-corrected chi connectivity index (χ0v) is 9.82. The van der Waals surface area contributed by atoms with Crippen molar-refractivity contribution in [1.29, 1.82) is 0 Å². The van der Waals surface area contributed by atoms with Gasteiger partial charge in [0.15, 0.2) is 0 Å². The van der Waals surface area contributed by atoms with Gasteiger partial charge in [0.05, 0.1) is 23.3 Å². The van der Waals surface area contributed by atoms with Crippen LogP contribution in [-0.4, -0.2) is 15.5 Å². The molecule has 0 unspecified atom stereocenters. The fourth-order valence-electron chi connectivity index (χ4n) is 1.61. The van der Waals surface area contributed by atoms with Crippen LogP contribution in [0.3, 0.4) is 0 Å². The highest BCUT2D eigenvalue weighted by atomic mass is 19.4. The van der Waals surface area contributed by atoms with Gasteiger partial charge in [-0.05, 0) is 25.1 Å². The Morgan fingerprint density at radius 1 is 1.47 bits per heavy atom. The lowest BCUT2D eigenvalue weighted by molar-refractivity contribution is -0.137. The third-order valence-corrected chi connectivity index (χ3v) is 2.48. The van der Waals surface area contributed by atoms with Crippen LogP contribution in [0.1, 0.15) is 21.6 Å². The monoisotopic (exact) mass is 268 g/mol. The molecule has 4 nitrogen and oxygen atoms in total. The molecule has 0 aliphatic rings. The van der Waals surface area contributed by atoms with Crippen molar-refractivity contribution in [3.8, 4) is 5.69 Å². The van der Waals surface area contributed by atoms with Crippen LogP contribution in [0, 0.1) is 13.0 Å². The number of carbonyl (C=O) groups excluding carboxylic acids is 1. The van der Waals surface area contributed by atoms with E-state index in [0.717, 1.165) is 12.1 Å². The van der Waals surface area contributed by atoms with Crippen molar-refractivity contribution < 1.29 is 18.0 Å². The maximum absolute atomic E-state index is 12.9. The number of alkyl halides is 3. The van der Waals surface area contributed by atoms with Crippen molar-refractivity contribution in [2.45, 2.75) is 13.1 Å². The predicted molar refractivity (Wildman–Crippen MR) is 60.7 cm³/mol. The largest absolute Gasteiger partial charge is 0.419 e. The van der Waals surface area contributed by atoms with Crippen LogP contribution < -0.4 is 5.73 Å². The van der Waals surface area contributed by atoms with Crippen LogP contribution in [0.15, 0.2) is 24.7 Å². The van der Waals surface area contributed by atoms with E-state index < -0.39 is 17.6 Å². The van der Waals surface area contributed by atoms with Crippen LogP contribution in [-0.2, 0) is 6.18 Å². The summed E-state index contributed by atoms with van der Waals surface area (Å²) in [5, 5.41) is 0. The zero-order chi connectivity index (χ0) is 14.2. The molecule has 7 heteroatoms. The first-order chi connectivity index (χ1) is 8.79. The van der Waals surface area contributed by atoms with Crippen LogP contribution in [0.2, 0.25) is 0 Å². The maximum atomic E-state index is 12.9. The lowest BCUT2D eigenvalue weighted by atomic mass is 10.1. The predicted octanol–water partition coefficient (Wildman–Crippen LogP) is 2.10. The Kier molecular flexibility index (Phi) is 3.05. The van der Waals surface area contributed by atoms with Crippen molar-refractivity contribution in [3.63, 3.8) is 0 Å². The standard InChI is InChI=1S/C12H9F3N3O/c1-7-5-18(6-17-7)10-4-8(11(16)19)2-3-9(10)12(13,14)15/h2,4-6H,1H3,(H2,16,19). The number of primary amides is 1. The van der Waals surface area contributed by atoms with Gasteiger partial charge in [0.1, 0.15) is 0 Å². The molecule has 0 fully saturated rings. The molecule has 0 bridgehead atoms. The zero-order valence-electron chi connectivity index (χ0n) is 9.82. The van der Waals surface area contributed by atoms with Crippen molar-refractivity contribution in [1.82, 2.24) is 9.55 Å². The molecule has 2 rings (SSSR count). The van der Waals surface area contributed by atoms with E-state index in [9.17, 15) is 18.0 Å². The molecule has 1 radical (unpaired) electrons. The van der Waals surface area contributed by atoms with Gasteiger partial charge >= 0.3 is 6.18 Å². The third kappa shape index (κ3) is 2.59. The molecule has 0 aliphatic carbocycles. The van der Waals surface area contributed by atoms with Gasteiger partial charge in [-0.2, -0.15) is 13.2 Å². The lowest BCUT2D eigenvalue weighted by Crippen LogP contribution is -2.15. The second-order valence-corrected chi connectivity index (χ2v) is 3.93. The molecule has 19 heavy (non-hydrogen) atoms. The fourth-order valence-corrected chi connectivity index (χ4v) is 1.61. The number of nitrogens with two attached hydrogens (primary N) is 1. The second-order valence-electron chi connectivity index (χ2n) is 3.93. The Morgan fingerprint density at radius 2 is 2.16 bits per heavy atom. The van der Waals surface area contributed by atoms with Crippen LogP contribution >= 0.6 is 0 Å². The van der Waals surface area contributed by atoms with Crippen molar-refractivity contribution in [3.05, 3.63) is 47.5 Å². The molecule has 99 valence electrons. The number of amides is 1. The molecule has 0 saturated carbocycles. The molecular formula is C12H9F3N3O. The van der Waals surface area contributed by atoms with Gasteiger partial charge in [-0.3, -0.25) is 4.79 Å². The van der Waals surface area contributed by atoms with E-state index in [2.05, 4.69) is 11.1 Å². The highest BCUT2D eigenvalue weighted by Gasteiger charge is 2.34. The maximum Gasteiger partial charge on any atom is 0.419 e. The van der Waals surface area contributed by atoms with Gasteiger partial charge in [0.2, 0.25) is 5.91 Å². The quantitative estimate of drug-likeness (QED) is 0.906. The summed E-state index contributed by atoms with van der Waals surface area (Å²) in [6.07, 6.45) is -1.93. The summed E-state index contributed by atoms with van der Waals surface area (Å²) in [5.41, 5.74) is 4.36. The Hall–Kier alpha value is -2.31. The van der Waals surface area contributed by atoms with E-state index in [4.69, 9.17) is 5.73 Å². The normalized spacial score (nSPS) is 11.6. The number of aromatic nitrogens is 2. The van der Waals surface area contributed by atoms with E-state index in [1.165, 1.54) is 17.1 Å². The first-order valence-electron chi connectivity index (χ1n) is 5.22. The van der Waals surface area contributed by atoms with E-state index in [1.807, 2.05) is 0 Å². The number of hydrogen-bond donors (Lipinski definition) is 1. The third-order valence-electron chi connectivity index (χ3n) is 2.48. The van der Waals surface area contributed by atoms with Gasteiger partial charge in [-0.1, -0.05) is 0 Å². The number of carbonyl (C=O) groups is 1. The van der Waals surface area contributed by atoms with Crippen LogP contribution in [0.25, 0.3) is 5.69 Å². The van der Waals surface area contributed by atoms with Gasteiger partial charge in [-0.15, -0.1) is 0 Å². The highest BCUT2D eigenvalue weighted by molar-refractivity contribution is 5.93. The number of nitrogens with zero attached hydrogens (tertiary/aromatic N) is 2. The number of imidazole rings is 1. The first kappa shape index (κ1) is 13.1. The van der Waals surface area contributed by atoms with E-state index in [1.54, 1.807) is 6.92 Å². The number of rotatable bonds is 2. The summed E-state index contributed by atoms with van der Waals surface area (Å²) in [6.45, 7) is 1.64. The van der Waals surface area contributed by atoms with Crippen molar-refractivity contribution in [2.24, 2.45) is 5.73 Å². The summed E-state index contributed by atoms with van der Waals surface area (Å²) in [7, 11) is 0. The number of benzene rings is 1. The highest BCUT2D eigenvalue weighted by Crippen LogP contribution is 2.34. The Bertz CT molecular complexity index is 631. The van der Waals surface area contributed by atoms with E-state index in [0.29, 0.717) is 5.69 Å². The summed E-state index contributed by atoms with van der Waals surface area (Å²) < 4.78 is 39.9. The molecule has 1 aromatic carbocycles. The lowest BCUT2D eigenvalue weighted by Gasteiger charge is -2.13. The molecular weight excluding hydrogens is 259 g/mol. The van der Waals surface area contributed by atoms with E-state index >= 15 is 0 Å². The minimum absolute atomic E-state index is 0.0469. The van der Waals surface area contributed by atoms with Gasteiger partial charge < -0.3 is 10.3 Å². The van der Waals surface area contributed by atoms with Crippen LogP contribution in [0.4, 0.5) is 13.2 Å². The van der Waals surface area contributed by atoms with Gasteiger partial charge in [0, 0.05) is 11.8 Å². The molecule has 1 amide bonds. The number of hydrogen-bond acceptors (Lipinski definition) is 2. The van der Waals surface area contributed by atoms with Gasteiger partial charge in [-0.25, -0.2) is 4.98 Å². The molecule has 0 spiro atoms. The SMILES string of the molecule is Cc1cn(-c2cc(C(N)=O)c[c]c2C(F)(F)F)cn1. The summed E-state index contributed by atoms with van der Waals surface area (Å²) in [6, 6.07) is 4.06. The second kappa shape index (κ2) is 4.42. The van der Waals surface area contributed by atoms with Gasteiger partial charge in [0.25, 0.3) is 0 Å². The summed E-state index contributed by atoms with van der Waals surface area (Å²) >= 11 is 0. The molecule has 0 atom stereocenters. The smallest absolute Gasteiger partial charge is 0.366 e. The Balaban J connectivity index is 2.66. The molecule has 0 saturated heterocycles. The molecule has 0 aliphatic heterocycles. The molecule has 1 heterocycles. The van der Waals surface area contributed by atoms with Crippen molar-refractivity contribution >= 4 is 5.91 Å². The van der Waals surface area contributed by atoms with Crippen molar-refractivity contribution in [2.75, 3.05) is 0 Å². The summed E-state index contributed by atoms with van der Waals surface area (Å²) in [4.78, 5) is 14.9. The Morgan fingerprint density at radius 3 is 2.63 bits per heavy atom. The average molecular weight is 268 g/mol. The average Bonchev–Trinajstić information content (AvgIpc) is 2.73. The molecule has 2 N–H and O–H groups in total.